The number of hydrogen-bond donors (Lipinski definition) is 2. The van der Waals surface area contributed by atoms with Gasteiger partial charge in [-0.3, -0.25) is 9.59 Å². The molecule has 0 saturated heterocycles. The zero-order valence-electron chi connectivity index (χ0n) is 14.2. The number of rotatable bonds is 5. The van der Waals surface area contributed by atoms with Gasteiger partial charge in [0.25, 0.3) is 11.5 Å². The van der Waals surface area contributed by atoms with Gasteiger partial charge in [-0.05, 0) is 31.2 Å². The first-order chi connectivity index (χ1) is 11.9. The molecule has 0 bridgehead atoms. The van der Waals surface area contributed by atoms with Crippen LogP contribution in [0.15, 0.2) is 45.2 Å². The number of hydrogen-bond acceptors (Lipinski definition) is 4. The second-order valence-electron chi connectivity index (χ2n) is 5.21. The van der Waals surface area contributed by atoms with Crippen molar-refractivity contribution in [2.45, 2.75) is 6.92 Å². The van der Waals surface area contributed by atoms with E-state index in [1.54, 1.807) is 44.3 Å². The van der Waals surface area contributed by atoms with Crippen molar-refractivity contribution >= 4 is 39.9 Å². The molecule has 25 heavy (non-hydrogen) atoms. The van der Waals surface area contributed by atoms with Gasteiger partial charge in [0.15, 0.2) is 12.4 Å². The lowest BCUT2D eigenvalue weighted by Gasteiger charge is -2.10. The summed E-state index contributed by atoms with van der Waals surface area (Å²) in [5.41, 5.74) is 6.77. The number of aromatic nitrogens is 1. The molecule has 0 saturated carbocycles. The first-order valence-corrected chi connectivity index (χ1v) is 7.88. The maximum atomic E-state index is 12.3. The number of aliphatic imine (C=N–C) groups is 1. The number of likely N-dealkylation sites (N-methyl/N-ethyl adjacent to an activating group) is 1. The molecule has 1 amide bonds. The van der Waals surface area contributed by atoms with Gasteiger partial charge in [-0.2, -0.15) is 0 Å². The van der Waals surface area contributed by atoms with Crippen LogP contribution < -0.4 is 21.3 Å². The summed E-state index contributed by atoms with van der Waals surface area (Å²) in [5, 5.41) is 3.51. The Morgan fingerprint density at radius 1 is 1.44 bits per heavy atom. The van der Waals surface area contributed by atoms with Crippen LogP contribution in [0, 0.1) is 0 Å². The second kappa shape index (κ2) is 7.85. The number of aryl methyl sites for hydroxylation is 1. The number of allylic oxidation sites excluding steroid dienone is 1. The predicted octanol–water partition coefficient (Wildman–Crippen LogP) is 1.79. The summed E-state index contributed by atoms with van der Waals surface area (Å²) in [6.07, 6.45) is 1.65. The average Bonchev–Trinajstić information content (AvgIpc) is 2.62. The number of nitrogens with zero attached hydrogens (tertiary/aromatic N) is 2. The molecule has 1 aromatic carbocycles. The van der Waals surface area contributed by atoms with Gasteiger partial charge in [-0.1, -0.05) is 17.7 Å². The Morgan fingerprint density at radius 2 is 2.16 bits per heavy atom. The Kier molecular flexibility index (Phi) is 5.82. The van der Waals surface area contributed by atoms with Crippen LogP contribution in [0.2, 0.25) is 0 Å². The van der Waals surface area contributed by atoms with E-state index in [1.807, 2.05) is 0 Å². The summed E-state index contributed by atoms with van der Waals surface area (Å²) in [6, 6.07) is 6.83. The minimum Gasteiger partial charge on any atom is -0.478 e. The number of fused-ring (bicyclic) bond motifs is 1. The van der Waals surface area contributed by atoms with Crippen molar-refractivity contribution in [1.82, 2.24) is 9.88 Å². The van der Waals surface area contributed by atoms with Crippen LogP contribution in [0.1, 0.15) is 6.92 Å². The van der Waals surface area contributed by atoms with E-state index in [-0.39, 0.29) is 29.7 Å². The number of halogens is 1. The molecular formula is C17H19ClN4O3. The number of carbonyl (C=O) groups is 1. The number of amides is 1. The summed E-state index contributed by atoms with van der Waals surface area (Å²) in [6.45, 7) is 1.52. The minimum absolute atomic E-state index is 0.0826. The van der Waals surface area contributed by atoms with Crippen LogP contribution in [0.4, 0.5) is 5.69 Å². The largest absolute Gasteiger partial charge is 0.478 e. The molecule has 7 nitrogen and oxygen atoms in total. The molecule has 8 heteroatoms. The van der Waals surface area contributed by atoms with Crippen molar-refractivity contribution in [1.29, 1.82) is 0 Å². The van der Waals surface area contributed by atoms with Crippen LogP contribution in [-0.4, -0.2) is 30.0 Å². The van der Waals surface area contributed by atoms with Crippen molar-refractivity contribution in [3.05, 3.63) is 45.7 Å². The number of carbonyl (C=O) groups excluding carboxylic acids is 1. The third kappa shape index (κ3) is 4.19. The quantitative estimate of drug-likeness (QED) is 0.625. The maximum Gasteiger partial charge on any atom is 0.293 e. The topological polar surface area (TPSA) is 98.7 Å². The summed E-state index contributed by atoms with van der Waals surface area (Å²) >= 11 is 5.94. The number of amidine groups is 1. The standard InChI is InChI=1S/C17H19ClN4O3/c1-4-12(18)16(19)21-11-5-6-13-10(7-11)8-14(17(24)22(13)3)25-9-15(23)20-2/h4-8H,9H2,1-3H3,(H2,19,21)(H,20,23)/b12-4+. The molecule has 0 spiro atoms. The van der Waals surface area contributed by atoms with Gasteiger partial charge in [0.1, 0.15) is 5.84 Å². The van der Waals surface area contributed by atoms with Gasteiger partial charge in [0, 0.05) is 19.5 Å². The summed E-state index contributed by atoms with van der Waals surface area (Å²) in [7, 11) is 3.13. The van der Waals surface area contributed by atoms with Gasteiger partial charge in [-0.25, -0.2) is 4.99 Å². The molecule has 0 unspecified atom stereocenters. The third-order valence-electron chi connectivity index (χ3n) is 3.56. The summed E-state index contributed by atoms with van der Waals surface area (Å²) in [4.78, 5) is 27.9. The summed E-state index contributed by atoms with van der Waals surface area (Å²) in [5.74, 6) is -0.0436. The second-order valence-corrected chi connectivity index (χ2v) is 5.62. The lowest BCUT2D eigenvalue weighted by Crippen LogP contribution is -2.27. The first-order valence-electron chi connectivity index (χ1n) is 7.51. The molecule has 0 aliphatic heterocycles. The van der Waals surface area contributed by atoms with E-state index in [4.69, 9.17) is 22.1 Å². The van der Waals surface area contributed by atoms with Gasteiger partial charge >= 0.3 is 0 Å². The number of pyridine rings is 1. The molecule has 0 aliphatic carbocycles. The van der Waals surface area contributed by atoms with E-state index in [0.29, 0.717) is 16.2 Å². The Hall–Kier alpha value is -2.80. The highest BCUT2D eigenvalue weighted by atomic mass is 35.5. The molecule has 2 aromatic rings. The van der Waals surface area contributed by atoms with Gasteiger partial charge < -0.3 is 20.4 Å². The fraction of sp³-hybridized carbons (Fsp3) is 0.235. The highest BCUT2D eigenvalue weighted by Gasteiger charge is 2.10. The minimum atomic E-state index is -0.330. The summed E-state index contributed by atoms with van der Waals surface area (Å²) < 4.78 is 6.77. The van der Waals surface area contributed by atoms with E-state index in [9.17, 15) is 9.59 Å². The molecule has 0 fully saturated rings. The predicted molar refractivity (Wildman–Crippen MR) is 99.6 cm³/mol. The third-order valence-corrected chi connectivity index (χ3v) is 3.97. The molecule has 3 N–H and O–H groups in total. The molecule has 0 radical (unpaired) electrons. The molecule has 2 rings (SSSR count). The number of ether oxygens (including phenoxy) is 1. The average molecular weight is 363 g/mol. The SMILES string of the molecule is C/C=C(/Cl)C(N)=Nc1ccc2c(c1)cc(OCC(=O)NC)c(=O)n2C. The number of nitrogens with one attached hydrogen (secondary N) is 1. The molecule has 0 aliphatic rings. The molecule has 0 atom stereocenters. The van der Waals surface area contributed by atoms with Crippen LogP contribution in [0.25, 0.3) is 10.9 Å². The van der Waals surface area contributed by atoms with E-state index < -0.39 is 0 Å². The highest BCUT2D eigenvalue weighted by Crippen LogP contribution is 2.23. The number of benzene rings is 1. The lowest BCUT2D eigenvalue weighted by atomic mass is 10.2. The Balaban J connectivity index is 2.48. The van der Waals surface area contributed by atoms with Gasteiger partial charge in [0.05, 0.1) is 16.2 Å². The molecule has 1 heterocycles. The van der Waals surface area contributed by atoms with Crippen molar-refractivity contribution in [2.75, 3.05) is 13.7 Å². The first kappa shape index (κ1) is 18.5. The zero-order chi connectivity index (χ0) is 18.6. The monoisotopic (exact) mass is 362 g/mol. The van der Waals surface area contributed by atoms with Crippen LogP contribution >= 0.6 is 11.6 Å². The highest BCUT2D eigenvalue weighted by molar-refractivity contribution is 6.43. The zero-order valence-corrected chi connectivity index (χ0v) is 14.9. The fourth-order valence-corrected chi connectivity index (χ4v) is 2.21. The van der Waals surface area contributed by atoms with Crippen LogP contribution in [0.3, 0.4) is 0 Å². The van der Waals surface area contributed by atoms with Gasteiger partial charge in [-0.15, -0.1) is 0 Å². The van der Waals surface area contributed by atoms with Crippen molar-refractivity contribution in [3.8, 4) is 5.75 Å². The lowest BCUT2D eigenvalue weighted by molar-refractivity contribution is -0.122. The van der Waals surface area contributed by atoms with Gasteiger partial charge in [0.2, 0.25) is 0 Å². The smallest absolute Gasteiger partial charge is 0.293 e. The van der Waals surface area contributed by atoms with E-state index >= 15 is 0 Å². The maximum absolute atomic E-state index is 12.3. The normalized spacial score (nSPS) is 12.3. The Morgan fingerprint density at radius 3 is 2.80 bits per heavy atom. The fourth-order valence-electron chi connectivity index (χ4n) is 2.17. The molecule has 1 aromatic heterocycles. The van der Waals surface area contributed by atoms with Crippen molar-refractivity contribution < 1.29 is 9.53 Å². The van der Waals surface area contributed by atoms with Crippen molar-refractivity contribution in [2.24, 2.45) is 17.8 Å². The van der Waals surface area contributed by atoms with E-state index in [0.717, 1.165) is 5.39 Å². The van der Waals surface area contributed by atoms with E-state index in [1.165, 1.54) is 11.6 Å². The van der Waals surface area contributed by atoms with Crippen molar-refractivity contribution in [3.63, 3.8) is 0 Å². The van der Waals surface area contributed by atoms with E-state index in [2.05, 4.69) is 10.3 Å². The Bertz CT molecular complexity index is 931. The molecule has 132 valence electrons. The van der Waals surface area contributed by atoms with Crippen LogP contribution in [0.5, 0.6) is 5.75 Å². The van der Waals surface area contributed by atoms with Crippen LogP contribution in [-0.2, 0) is 11.8 Å². The Labute approximate surface area is 149 Å². The molecular weight excluding hydrogens is 344 g/mol. The number of nitrogens with two attached hydrogens (primary N) is 1.